The van der Waals surface area contributed by atoms with Gasteiger partial charge in [-0.05, 0) is 30.2 Å². The summed E-state index contributed by atoms with van der Waals surface area (Å²) in [5.74, 6) is -0.145. The van der Waals surface area contributed by atoms with Gasteiger partial charge in [-0.25, -0.2) is 0 Å². The molecule has 8 heteroatoms. The molecule has 142 valence electrons. The molecule has 0 fully saturated rings. The minimum Gasteiger partial charge on any atom is -0.325 e. The zero-order valence-electron chi connectivity index (χ0n) is 15.2. The van der Waals surface area contributed by atoms with Gasteiger partial charge in [0, 0.05) is 23.4 Å². The van der Waals surface area contributed by atoms with Gasteiger partial charge < -0.3 is 5.32 Å². The van der Waals surface area contributed by atoms with E-state index in [1.165, 1.54) is 35.5 Å². The fraction of sp³-hybridized carbons (Fsp3) is 0.150. The van der Waals surface area contributed by atoms with E-state index in [1.54, 1.807) is 6.07 Å². The third-order valence-corrected chi connectivity index (χ3v) is 4.91. The molecule has 0 aliphatic carbocycles. The number of anilines is 1. The first-order valence-corrected chi connectivity index (χ1v) is 9.64. The molecule has 0 radical (unpaired) electrons. The first kappa shape index (κ1) is 19.5. The van der Waals surface area contributed by atoms with Crippen molar-refractivity contribution in [1.29, 1.82) is 0 Å². The van der Waals surface area contributed by atoms with Crippen LogP contribution in [-0.2, 0) is 11.2 Å². The Kier molecular flexibility index (Phi) is 6.33. The van der Waals surface area contributed by atoms with E-state index in [0.29, 0.717) is 10.7 Å². The largest absolute Gasteiger partial charge is 0.325 e. The number of carbonyl (C=O) groups is 1. The fourth-order valence-corrected chi connectivity index (χ4v) is 3.11. The molecule has 0 unspecified atom stereocenters. The number of aryl methyl sites for hydroxylation is 1. The summed E-state index contributed by atoms with van der Waals surface area (Å²) in [5.41, 5.74) is 3.34. The molecule has 2 aromatic carbocycles. The normalized spacial score (nSPS) is 10.5. The van der Waals surface area contributed by atoms with E-state index in [0.717, 1.165) is 17.7 Å². The van der Waals surface area contributed by atoms with Crippen LogP contribution in [0.2, 0.25) is 0 Å². The zero-order valence-corrected chi connectivity index (χ0v) is 16.0. The zero-order chi connectivity index (χ0) is 19.9. The smallest absolute Gasteiger partial charge is 0.271 e. The molecule has 1 heterocycles. The van der Waals surface area contributed by atoms with E-state index >= 15 is 0 Å². The maximum absolute atomic E-state index is 12.1. The first-order chi connectivity index (χ1) is 13.5. The number of benzene rings is 2. The minimum absolute atomic E-state index is 0.0705. The Bertz CT molecular complexity index is 976. The number of aromatic nitrogens is 2. The lowest BCUT2D eigenvalue weighted by Gasteiger charge is -2.05. The summed E-state index contributed by atoms with van der Waals surface area (Å²) in [6, 6.07) is 17.7. The van der Waals surface area contributed by atoms with Crippen LogP contribution in [0.5, 0.6) is 0 Å². The van der Waals surface area contributed by atoms with Crippen LogP contribution in [0.4, 0.5) is 11.4 Å². The monoisotopic (exact) mass is 394 g/mol. The maximum Gasteiger partial charge on any atom is 0.271 e. The molecular formula is C20H18N4O3S. The summed E-state index contributed by atoms with van der Waals surface area (Å²) in [7, 11) is 0. The predicted octanol–water partition coefficient (Wildman–Crippen LogP) is 4.35. The second-order valence-corrected chi connectivity index (χ2v) is 6.95. The number of rotatable bonds is 7. The van der Waals surface area contributed by atoms with E-state index in [2.05, 4.69) is 34.6 Å². The van der Waals surface area contributed by atoms with Crippen LogP contribution < -0.4 is 5.32 Å². The molecule has 1 aromatic heterocycles. The van der Waals surface area contributed by atoms with Crippen LogP contribution >= 0.6 is 11.8 Å². The van der Waals surface area contributed by atoms with Gasteiger partial charge in [0.1, 0.15) is 5.03 Å². The third kappa shape index (κ3) is 5.14. The van der Waals surface area contributed by atoms with Crippen LogP contribution in [0.25, 0.3) is 11.3 Å². The molecule has 0 atom stereocenters. The molecule has 0 spiro atoms. The van der Waals surface area contributed by atoms with Crippen molar-refractivity contribution in [3.05, 3.63) is 76.3 Å². The van der Waals surface area contributed by atoms with Crippen molar-refractivity contribution in [1.82, 2.24) is 10.2 Å². The number of hydrogen-bond donors (Lipinski definition) is 1. The lowest BCUT2D eigenvalue weighted by atomic mass is 10.1. The highest BCUT2D eigenvalue weighted by atomic mass is 32.2. The SMILES string of the molecule is CCc1ccc(-c2ccc(SCC(=O)Nc3cccc([N+](=O)[O-])c3)nn2)cc1. The second kappa shape index (κ2) is 9.09. The molecular weight excluding hydrogens is 376 g/mol. The Morgan fingerprint density at radius 3 is 2.54 bits per heavy atom. The summed E-state index contributed by atoms with van der Waals surface area (Å²) >= 11 is 1.25. The van der Waals surface area contributed by atoms with Crippen molar-refractivity contribution in [3.8, 4) is 11.3 Å². The number of nitrogens with zero attached hydrogens (tertiary/aromatic N) is 3. The van der Waals surface area contributed by atoms with Gasteiger partial charge in [0.25, 0.3) is 5.69 Å². The van der Waals surface area contributed by atoms with E-state index in [9.17, 15) is 14.9 Å². The van der Waals surface area contributed by atoms with Gasteiger partial charge in [0.05, 0.1) is 16.4 Å². The molecule has 0 saturated carbocycles. The van der Waals surface area contributed by atoms with Gasteiger partial charge in [-0.3, -0.25) is 14.9 Å². The van der Waals surface area contributed by atoms with Gasteiger partial charge in [0.2, 0.25) is 5.91 Å². The van der Waals surface area contributed by atoms with Gasteiger partial charge in [-0.1, -0.05) is 49.0 Å². The summed E-state index contributed by atoms with van der Waals surface area (Å²) in [4.78, 5) is 22.3. The summed E-state index contributed by atoms with van der Waals surface area (Å²) in [6.45, 7) is 2.11. The van der Waals surface area contributed by atoms with Crippen molar-refractivity contribution in [2.45, 2.75) is 18.4 Å². The second-order valence-electron chi connectivity index (χ2n) is 5.95. The van der Waals surface area contributed by atoms with Crippen molar-refractivity contribution in [3.63, 3.8) is 0 Å². The number of amides is 1. The molecule has 3 rings (SSSR count). The lowest BCUT2D eigenvalue weighted by Crippen LogP contribution is -2.14. The number of nitro benzene ring substituents is 1. The molecule has 0 aliphatic heterocycles. The molecule has 28 heavy (non-hydrogen) atoms. The number of non-ortho nitro benzene ring substituents is 1. The topological polar surface area (TPSA) is 98.0 Å². The van der Waals surface area contributed by atoms with Crippen LogP contribution in [0, 0.1) is 10.1 Å². The van der Waals surface area contributed by atoms with Crippen LogP contribution in [0.3, 0.4) is 0 Å². The minimum atomic E-state index is -0.503. The third-order valence-electron chi connectivity index (χ3n) is 3.99. The van der Waals surface area contributed by atoms with Crippen LogP contribution in [-0.4, -0.2) is 26.8 Å². The number of thioether (sulfide) groups is 1. The van der Waals surface area contributed by atoms with Gasteiger partial charge in [-0.15, -0.1) is 10.2 Å². The molecule has 7 nitrogen and oxygen atoms in total. The van der Waals surface area contributed by atoms with Crippen LogP contribution in [0.15, 0.2) is 65.7 Å². The molecule has 0 bridgehead atoms. The van der Waals surface area contributed by atoms with Crippen molar-refractivity contribution < 1.29 is 9.72 Å². The first-order valence-electron chi connectivity index (χ1n) is 8.65. The average molecular weight is 394 g/mol. The van der Waals surface area contributed by atoms with Crippen molar-refractivity contribution >= 4 is 29.0 Å². The molecule has 0 saturated heterocycles. The van der Waals surface area contributed by atoms with E-state index < -0.39 is 4.92 Å². The number of carbonyl (C=O) groups excluding carboxylic acids is 1. The van der Waals surface area contributed by atoms with Crippen molar-refractivity contribution in [2.24, 2.45) is 0 Å². The van der Waals surface area contributed by atoms with Crippen molar-refractivity contribution in [2.75, 3.05) is 11.1 Å². The Balaban J connectivity index is 1.56. The van der Waals surface area contributed by atoms with Gasteiger partial charge in [-0.2, -0.15) is 0 Å². The Hall–Kier alpha value is -3.26. The Morgan fingerprint density at radius 2 is 1.89 bits per heavy atom. The molecule has 1 N–H and O–H groups in total. The Labute approximate surface area is 166 Å². The summed E-state index contributed by atoms with van der Waals surface area (Å²) in [5, 5.41) is 22.4. The summed E-state index contributed by atoms with van der Waals surface area (Å²) in [6.07, 6.45) is 0.986. The van der Waals surface area contributed by atoms with Crippen LogP contribution in [0.1, 0.15) is 12.5 Å². The van der Waals surface area contributed by atoms with Gasteiger partial charge in [0.15, 0.2) is 0 Å². The van der Waals surface area contributed by atoms with E-state index in [-0.39, 0.29) is 17.3 Å². The van der Waals surface area contributed by atoms with E-state index in [4.69, 9.17) is 0 Å². The molecule has 1 amide bonds. The molecule has 0 aliphatic rings. The highest BCUT2D eigenvalue weighted by Gasteiger charge is 2.09. The Morgan fingerprint density at radius 1 is 1.11 bits per heavy atom. The maximum atomic E-state index is 12.1. The van der Waals surface area contributed by atoms with Gasteiger partial charge >= 0.3 is 0 Å². The quantitative estimate of drug-likeness (QED) is 0.363. The number of nitro groups is 1. The van der Waals surface area contributed by atoms with E-state index in [1.807, 2.05) is 24.3 Å². The number of hydrogen-bond acceptors (Lipinski definition) is 6. The summed E-state index contributed by atoms with van der Waals surface area (Å²) < 4.78 is 0. The highest BCUT2D eigenvalue weighted by Crippen LogP contribution is 2.21. The lowest BCUT2D eigenvalue weighted by molar-refractivity contribution is -0.384. The standard InChI is InChI=1S/C20H18N4O3S/c1-2-14-6-8-15(9-7-14)18-10-11-20(23-22-18)28-13-19(25)21-16-4-3-5-17(12-16)24(26)27/h3-12H,2,13H2,1H3,(H,21,25). The average Bonchev–Trinajstić information content (AvgIpc) is 2.73. The molecule has 3 aromatic rings. The predicted molar refractivity (Wildman–Crippen MR) is 109 cm³/mol. The highest BCUT2D eigenvalue weighted by molar-refractivity contribution is 7.99. The number of nitrogens with one attached hydrogen (secondary N) is 1. The fourth-order valence-electron chi connectivity index (χ4n) is 2.50.